The second-order valence-electron chi connectivity index (χ2n) is 8.34. The van der Waals surface area contributed by atoms with Crippen molar-refractivity contribution >= 4 is 39.0 Å². The molecule has 0 aliphatic heterocycles. The lowest BCUT2D eigenvalue weighted by atomic mass is 10.1. The van der Waals surface area contributed by atoms with Crippen molar-refractivity contribution in [3.8, 4) is 5.69 Å². The van der Waals surface area contributed by atoms with Crippen molar-refractivity contribution in [2.45, 2.75) is 17.4 Å². The molecule has 13 heteroatoms. The van der Waals surface area contributed by atoms with E-state index in [-0.39, 0.29) is 27.7 Å². The number of amides is 1. The number of rotatable bonds is 11. The van der Waals surface area contributed by atoms with E-state index in [0.29, 0.717) is 12.1 Å². The molecule has 196 valence electrons. The Balaban J connectivity index is 1.50. The summed E-state index contributed by atoms with van der Waals surface area (Å²) < 4.78 is 27.7. The SMILES string of the molecule is O=C(CS(=O)(=O)c1cc(Cl)ccc1-n1cnnn1)N[C@H](CNc1ccc(C(=O)O)cc1)Cc1ccccc1. The fraction of sp³-hybridized carbons (Fsp3) is 0.160. The number of carbonyl (C=O) groups is 2. The van der Waals surface area contributed by atoms with Gasteiger partial charge in [0.2, 0.25) is 5.91 Å². The van der Waals surface area contributed by atoms with Crippen molar-refractivity contribution < 1.29 is 23.1 Å². The van der Waals surface area contributed by atoms with Crippen LogP contribution in [0.1, 0.15) is 15.9 Å². The quantitative estimate of drug-likeness (QED) is 0.253. The number of hydrogen-bond acceptors (Lipinski definition) is 8. The van der Waals surface area contributed by atoms with E-state index in [1.807, 2.05) is 30.3 Å². The van der Waals surface area contributed by atoms with Crippen molar-refractivity contribution in [1.29, 1.82) is 0 Å². The van der Waals surface area contributed by atoms with E-state index in [9.17, 15) is 18.0 Å². The zero-order valence-electron chi connectivity index (χ0n) is 19.9. The number of carboxylic acids is 1. The maximum absolute atomic E-state index is 13.3. The minimum atomic E-state index is -4.13. The van der Waals surface area contributed by atoms with Gasteiger partial charge in [-0.2, -0.15) is 4.68 Å². The molecule has 0 aliphatic rings. The molecule has 0 saturated carbocycles. The molecular weight excluding hydrogens is 532 g/mol. The summed E-state index contributed by atoms with van der Waals surface area (Å²) >= 11 is 6.06. The molecule has 0 fully saturated rings. The lowest BCUT2D eigenvalue weighted by molar-refractivity contribution is -0.119. The molecule has 38 heavy (non-hydrogen) atoms. The van der Waals surface area contributed by atoms with Gasteiger partial charge in [0.05, 0.1) is 22.2 Å². The summed E-state index contributed by atoms with van der Waals surface area (Å²) in [6, 6.07) is 19.3. The Morgan fingerprint density at radius 2 is 1.76 bits per heavy atom. The number of nitrogens with zero attached hydrogens (tertiary/aromatic N) is 4. The molecular formula is C25H23ClN6O5S. The molecule has 1 atom stereocenters. The topological polar surface area (TPSA) is 156 Å². The molecule has 4 rings (SSSR count). The summed E-state index contributed by atoms with van der Waals surface area (Å²) in [7, 11) is -4.13. The smallest absolute Gasteiger partial charge is 0.335 e. The Labute approximate surface area is 223 Å². The number of carbonyl (C=O) groups excluding carboxylic acids is 1. The van der Waals surface area contributed by atoms with E-state index in [0.717, 1.165) is 5.56 Å². The van der Waals surface area contributed by atoms with Crippen molar-refractivity contribution in [2.24, 2.45) is 0 Å². The summed E-state index contributed by atoms with van der Waals surface area (Å²) in [5.74, 6) is -2.55. The second-order valence-corrected chi connectivity index (χ2v) is 10.7. The number of aromatic carboxylic acids is 1. The van der Waals surface area contributed by atoms with E-state index in [1.54, 1.807) is 12.1 Å². The van der Waals surface area contributed by atoms with Gasteiger partial charge in [-0.15, -0.1) is 5.10 Å². The highest BCUT2D eigenvalue weighted by atomic mass is 35.5. The molecule has 1 heterocycles. The Morgan fingerprint density at radius 3 is 2.42 bits per heavy atom. The van der Waals surface area contributed by atoms with Crippen LogP contribution >= 0.6 is 11.6 Å². The molecule has 4 aromatic rings. The van der Waals surface area contributed by atoms with E-state index in [2.05, 4.69) is 26.2 Å². The summed E-state index contributed by atoms with van der Waals surface area (Å²) in [5, 5.41) is 26.0. The van der Waals surface area contributed by atoms with Crippen molar-refractivity contribution in [2.75, 3.05) is 17.6 Å². The third kappa shape index (κ3) is 6.93. The van der Waals surface area contributed by atoms with Crippen LogP contribution in [0.2, 0.25) is 5.02 Å². The van der Waals surface area contributed by atoms with Crippen LogP contribution in [0, 0.1) is 0 Å². The fourth-order valence-electron chi connectivity index (χ4n) is 3.76. The number of hydrogen-bond donors (Lipinski definition) is 3. The molecule has 1 amide bonds. The van der Waals surface area contributed by atoms with Crippen molar-refractivity contribution in [1.82, 2.24) is 25.5 Å². The van der Waals surface area contributed by atoms with Crippen LogP contribution in [0.4, 0.5) is 5.69 Å². The highest BCUT2D eigenvalue weighted by molar-refractivity contribution is 7.92. The Hall–Kier alpha value is -4.29. The van der Waals surface area contributed by atoms with Crippen molar-refractivity contribution in [3.05, 3.63) is 95.3 Å². The standard InChI is InChI=1S/C25H23ClN6O5S/c26-19-8-11-22(32-16-28-30-31-32)23(13-19)38(36,37)15-24(33)29-21(12-17-4-2-1-3-5-17)14-27-20-9-6-18(7-10-20)25(34)35/h1-11,13,16,21,27H,12,14-15H2,(H,29,33)(H,34,35)/t21-/m0/s1. The first kappa shape index (κ1) is 26.8. The van der Waals surface area contributed by atoms with Gasteiger partial charge in [-0.3, -0.25) is 4.79 Å². The molecule has 11 nitrogen and oxygen atoms in total. The van der Waals surface area contributed by atoms with Gasteiger partial charge in [0, 0.05) is 17.3 Å². The third-order valence-corrected chi connectivity index (χ3v) is 7.42. The minimum Gasteiger partial charge on any atom is -0.478 e. The van der Waals surface area contributed by atoms with Crippen LogP contribution in [0.25, 0.3) is 5.69 Å². The first-order valence-corrected chi connectivity index (χ1v) is 13.4. The highest BCUT2D eigenvalue weighted by Gasteiger charge is 2.26. The Bertz CT molecular complexity index is 1510. The summed E-state index contributed by atoms with van der Waals surface area (Å²) in [6.45, 7) is 0.264. The Kier molecular flexibility index (Phi) is 8.34. The monoisotopic (exact) mass is 554 g/mol. The third-order valence-electron chi connectivity index (χ3n) is 5.55. The second kappa shape index (κ2) is 11.8. The summed E-state index contributed by atoms with van der Waals surface area (Å²) in [6.07, 6.45) is 1.67. The zero-order chi connectivity index (χ0) is 27.1. The van der Waals surface area contributed by atoms with Crippen LogP contribution in [-0.4, -0.2) is 63.9 Å². The first-order chi connectivity index (χ1) is 18.2. The lowest BCUT2D eigenvalue weighted by Gasteiger charge is -2.21. The van der Waals surface area contributed by atoms with E-state index >= 15 is 0 Å². The van der Waals surface area contributed by atoms with E-state index in [1.165, 1.54) is 41.3 Å². The molecule has 1 aromatic heterocycles. The molecule has 0 unspecified atom stereocenters. The fourth-order valence-corrected chi connectivity index (χ4v) is 5.37. The Morgan fingerprint density at radius 1 is 1.03 bits per heavy atom. The molecule has 0 saturated heterocycles. The van der Waals surface area contributed by atoms with Crippen LogP contribution in [0.3, 0.4) is 0 Å². The normalized spacial score (nSPS) is 12.0. The average Bonchev–Trinajstić information content (AvgIpc) is 3.43. The molecule has 3 aromatic carbocycles. The number of nitrogens with one attached hydrogen (secondary N) is 2. The van der Waals surface area contributed by atoms with Crippen molar-refractivity contribution in [3.63, 3.8) is 0 Å². The number of tetrazole rings is 1. The number of aromatic nitrogens is 4. The van der Waals surface area contributed by atoms with Crippen LogP contribution in [0.15, 0.2) is 84.0 Å². The number of halogens is 1. The first-order valence-electron chi connectivity index (χ1n) is 11.4. The summed E-state index contributed by atoms with van der Waals surface area (Å²) in [5.41, 5.74) is 1.91. The minimum absolute atomic E-state index is 0.150. The molecule has 0 aliphatic carbocycles. The van der Waals surface area contributed by atoms with Gasteiger partial charge in [-0.1, -0.05) is 41.9 Å². The number of benzene rings is 3. The van der Waals surface area contributed by atoms with E-state index < -0.39 is 33.5 Å². The van der Waals surface area contributed by atoms with Gasteiger partial charge >= 0.3 is 5.97 Å². The predicted octanol–water partition coefficient (Wildman–Crippen LogP) is 2.63. The van der Waals surface area contributed by atoms with Crippen LogP contribution < -0.4 is 10.6 Å². The number of anilines is 1. The maximum atomic E-state index is 13.3. The van der Waals surface area contributed by atoms with Crippen LogP contribution in [-0.2, 0) is 21.1 Å². The molecule has 0 radical (unpaired) electrons. The van der Waals surface area contributed by atoms with Gasteiger partial charge in [0.15, 0.2) is 9.84 Å². The lowest BCUT2D eigenvalue weighted by Crippen LogP contribution is -2.43. The maximum Gasteiger partial charge on any atom is 0.335 e. The van der Waals surface area contributed by atoms with Crippen LogP contribution in [0.5, 0.6) is 0 Å². The van der Waals surface area contributed by atoms with Gasteiger partial charge < -0.3 is 15.7 Å². The average molecular weight is 555 g/mol. The largest absolute Gasteiger partial charge is 0.478 e. The number of sulfone groups is 1. The molecule has 3 N–H and O–H groups in total. The molecule has 0 bridgehead atoms. The van der Waals surface area contributed by atoms with Gasteiger partial charge in [0.1, 0.15) is 12.1 Å². The van der Waals surface area contributed by atoms with Gasteiger partial charge in [-0.25, -0.2) is 13.2 Å². The number of carboxylic acid groups (broad SMARTS) is 1. The van der Waals surface area contributed by atoms with E-state index in [4.69, 9.17) is 16.7 Å². The molecule has 0 spiro atoms. The zero-order valence-corrected chi connectivity index (χ0v) is 21.4. The van der Waals surface area contributed by atoms with Gasteiger partial charge in [0.25, 0.3) is 0 Å². The summed E-state index contributed by atoms with van der Waals surface area (Å²) in [4.78, 5) is 23.9. The highest BCUT2D eigenvalue weighted by Crippen LogP contribution is 2.24. The predicted molar refractivity (Wildman–Crippen MR) is 140 cm³/mol. The van der Waals surface area contributed by atoms with Gasteiger partial charge in [-0.05, 0) is 64.9 Å².